The molecule has 0 aromatic carbocycles. The molecule has 106 valence electrons. The van der Waals surface area contributed by atoms with Crippen molar-refractivity contribution in [2.45, 2.75) is 38.3 Å². The minimum Gasteiger partial charge on any atom is -0.383 e. The third kappa shape index (κ3) is 4.50. The van der Waals surface area contributed by atoms with Crippen LogP contribution >= 0.6 is 0 Å². The summed E-state index contributed by atoms with van der Waals surface area (Å²) in [5, 5.41) is 3.40. The Morgan fingerprint density at radius 3 is 2.83 bits per heavy atom. The van der Waals surface area contributed by atoms with Crippen molar-refractivity contribution < 1.29 is 9.47 Å². The van der Waals surface area contributed by atoms with Gasteiger partial charge < -0.3 is 14.8 Å². The zero-order valence-electron chi connectivity index (χ0n) is 11.9. The van der Waals surface area contributed by atoms with Crippen LogP contribution in [0.2, 0.25) is 0 Å². The van der Waals surface area contributed by atoms with Crippen molar-refractivity contribution in [3.05, 3.63) is 0 Å². The zero-order valence-corrected chi connectivity index (χ0v) is 11.9. The minimum absolute atomic E-state index is 0.398. The van der Waals surface area contributed by atoms with E-state index in [0.717, 1.165) is 51.7 Å². The second kappa shape index (κ2) is 7.43. The fourth-order valence-electron chi connectivity index (χ4n) is 2.72. The summed E-state index contributed by atoms with van der Waals surface area (Å²) in [6.45, 7) is 8.26. The van der Waals surface area contributed by atoms with Gasteiger partial charge in [-0.05, 0) is 32.1 Å². The highest BCUT2D eigenvalue weighted by Gasteiger charge is 2.32. The molecule has 0 radical (unpaired) electrons. The van der Waals surface area contributed by atoms with Crippen LogP contribution in [-0.2, 0) is 9.47 Å². The molecular weight excluding hydrogens is 228 g/mol. The summed E-state index contributed by atoms with van der Waals surface area (Å²) in [6.07, 6.45) is 4.35. The molecule has 2 atom stereocenters. The predicted octanol–water partition coefficient (Wildman–Crippen LogP) is 1.11. The summed E-state index contributed by atoms with van der Waals surface area (Å²) < 4.78 is 11.0. The maximum atomic E-state index is 5.77. The fraction of sp³-hybridized carbons (Fsp3) is 1.00. The number of hydrogen-bond acceptors (Lipinski definition) is 4. The maximum absolute atomic E-state index is 5.77. The Morgan fingerprint density at radius 2 is 2.22 bits per heavy atom. The molecule has 0 bridgehead atoms. The highest BCUT2D eigenvalue weighted by atomic mass is 16.5. The van der Waals surface area contributed by atoms with Gasteiger partial charge in [-0.3, -0.25) is 4.90 Å². The molecule has 0 amide bonds. The van der Waals surface area contributed by atoms with Crippen LogP contribution in [0.25, 0.3) is 0 Å². The van der Waals surface area contributed by atoms with E-state index in [1.807, 2.05) is 0 Å². The summed E-state index contributed by atoms with van der Waals surface area (Å²) in [7, 11) is 1.79. The topological polar surface area (TPSA) is 33.7 Å². The molecule has 4 heteroatoms. The molecule has 1 N–H and O–H groups in total. The lowest BCUT2D eigenvalue weighted by atomic mass is 10.1. The molecule has 1 saturated carbocycles. The summed E-state index contributed by atoms with van der Waals surface area (Å²) in [5.74, 6) is 0.923. The van der Waals surface area contributed by atoms with Crippen LogP contribution in [0.1, 0.15) is 26.2 Å². The van der Waals surface area contributed by atoms with Crippen molar-refractivity contribution in [1.82, 2.24) is 10.2 Å². The monoisotopic (exact) mass is 256 g/mol. The summed E-state index contributed by atoms with van der Waals surface area (Å²) in [5.41, 5.74) is 0. The van der Waals surface area contributed by atoms with Crippen LogP contribution in [-0.4, -0.2) is 63.5 Å². The van der Waals surface area contributed by atoms with Gasteiger partial charge in [-0.25, -0.2) is 0 Å². The average Bonchev–Trinajstić information content (AvgIpc) is 3.24. The van der Waals surface area contributed by atoms with Crippen LogP contribution in [0, 0.1) is 5.92 Å². The molecule has 0 spiro atoms. The van der Waals surface area contributed by atoms with Crippen LogP contribution in [0.4, 0.5) is 0 Å². The van der Waals surface area contributed by atoms with Gasteiger partial charge in [0, 0.05) is 39.3 Å². The molecule has 2 aliphatic rings. The lowest BCUT2D eigenvalue weighted by molar-refractivity contribution is 0.0118. The Labute approximate surface area is 111 Å². The van der Waals surface area contributed by atoms with Crippen molar-refractivity contribution in [2.24, 2.45) is 5.92 Å². The Bertz CT molecular complexity index is 228. The molecule has 0 aromatic heterocycles. The molecule has 4 nitrogen and oxygen atoms in total. The largest absolute Gasteiger partial charge is 0.383 e. The Kier molecular flexibility index (Phi) is 5.89. The van der Waals surface area contributed by atoms with Gasteiger partial charge in [-0.2, -0.15) is 0 Å². The van der Waals surface area contributed by atoms with E-state index in [1.165, 1.54) is 12.8 Å². The highest BCUT2D eigenvalue weighted by molar-refractivity contribution is 4.85. The SMILES string of the molecule is COCCN(CCC1CNCCO1)C(C)C1CC1. The first-order valence-corrected chi connectivity index (χ1v) is 7.36. The van der Waals surface area contributed by atoms with Gasteiger partial charge in [0.2, 0.25) is 0 Å². The van der Waals surface area contributed by atoms with Crippen LogP contribution in [0.15, 0.2) is 0 Å². The normalized spacial score (nSPS) is 26.5. The Hall–Kier alpha value is -0.160. The highest BCUT2D eigenvalue weighted by Crippen LogP contribution is 2.35. The number of nitrogens with zero attached hydrogens (tertiary/aromatic N) is 1. The van der Waals surface area contributed by atoms with Gasteiger partial charge in [0.15, 0.2) is 0 Å². The molecular formula is C14H28N2O2. The summed E-state index contributed by atoms with van der Waals surface area (Å²) in [6, 6.07) is 0.705. The number of rotatable bonds is 8. The van der Waals surface area contributed by atoms with Crippen molar-refractivity contribution >= 4 is 0 Å². The first-order valence-electron chi connectivity index (χ1n) is 7.36. The predicted molar refractivity (Wildman–Crippen MR) is 72.9 cm³/mol. The quantitative estimate of drug-likeness (QED) is 0.705. The summed E-state index contributed by atoms with van der Waals surface area (Å²) >= 11 is 0. The lowest BCUT2D eigenvalue weighted by Crippen LogP contribution is -2.43. The van der Waals surface area contributed by atoms with Gasteiger partial charge in [0.25, 0.3) is 0 Å². The number of ether oxygens (including phenoxy) is 2. The minimum atomic E-state index is 0.398. The Balaban J connectivity index is 1.72. The number of nitrogens with one attached hydrogen (secondary N) is 1. The van der Waals surface area contributed by atoms with Gasteiger partial charge in [0.1, 0.15) is 0 Å². The molecule has 1 aliphatic heterocycles. The number of morpholine rings is 1. The van der Waals surface area contributed by atoms with Crippen molar-refractivity contribution in [3.8, 4) is 0 Å². The van der Waals surface area contributed by atoms with E-state index >= 15 is 0 Å². The number of methoxy groups -OCH3 is 1. The molecule has 2 fully saturated rings. The first-order chi connectivity index (χ1) is 8.81. The van der Waals surface area contributed by atoms with E-state index in [1.54, 1.807) is 7.11 Å². The smallest absolute Gasteiger partial charge is 0.0712 e. The second-order valence-electron chi connectivity index (χ2n) is 5.59. The molecule has 18 heavy (non-hydrogen) atoms. The van der Waals surface area contributed by atoms with E-state index in [2.05, 4.69) is 17.1 Å². The maximum Gasteiger partial charge on any atom is 0.0712 e. The third-order valence-corrected chi connectivity index (χ3v) is 4.21. The van der Waals surface area contributed by atoms with E-state index in [0.29, 0.717) is 12.1 Å². The first kappa shape index (κ1) is 14.3. The second-order valence-corrected chi connectivity index (χ2v) is 5.59. The zero-order chi connectivity index (χ0) is 12.8. The van der Waals surface area contributed by atoms with Crippen LogP contribution in [0.5, 0.6) is 0 Å². The lowest BCUT2D eigenvalue weighted by Gasteiger charge is -2.31. The third-order valence-electron chi connectivity index (χ3n) is 4.21. The molecule has 1 heterocycles. The van der Waals surface area contributed by atoms with E-state index in [4.69, 9.17) is 9.47 Å². The standard InChI is InChI=1S/C14H28N2O2/c1-12(13-3-4-13)16(8-10-17-2)7-5-14-11-15-6-9-18-14/h12-15H,3-11H2,1-2H3. The van der Waals surface area contributed by atoms with E-state index in [-0.39, 0.29) is 0 Å². The van der Waals surface area contributed by atoms with Gasteiger partial charge in [0.05, 0.1) is 19.3 Å². The summed E-state index contributed by atoms with van der Waals surface area (Å²) in [4.78, 5) is 2.58. The number of hydrogen-bond donors (Lipinski definition) is 1. The van der Waals surface area contributed by atoms with Gasteiger partial charge in [-0.1, -0.05) is 0 Å². The molecule has 0 aromatic rings. The van der Waals surface area contributed by atoms with E-state index < -0.39 is 0 Å². The average molecular weight is 256 g/mol. The van der Waals surface area contributed by atoms with Crippen molar-refractivity contribution in [1.29, 1.82) is 0 Å². The molecule has 1 saturated heterocycles. The molecule has 2 rings (SSSR count). The van der Waals surface area contributed by atoms with E-state index in [9.17, 15) is 0 Å². The van der Waals surface area contributed by atoms with Crippen molar-refractivity contribution in [3.63, 3.8) is 0 Å². The van der Waals surface area contributed by atoms with Crippen molar-refractivity contribution in [2.75, 3.05) is 46.5 Å². The fourth-order valence-corrected chi connectivity index (χ4v) is 2.72. The molecule has 2 unspecified atom stereocenters. The Morgan fingerprint density at radius 1 is 1.39 bits per heavy atom. The van der Waals surface area contributed by atoms with Gasteiger partial charge in [-0.15, -0.1) is 0 Å². The molecule has 1 aliphatic carbocycles. The van der Waals surface area contributed by atoms with Crippen LogP contribution < -0.4 is 5.32 Å². The van der Waals surface area contributed by atoms with Crippen LogP contribution in [0.3, 0.4) is 0 Å². The van der Waals surface area contributed by atoms with Gasteiger partial charge >= 0.3 is 0 Å².